The van der Waals surface area contributed by atoms with Crippen LogP contribution in [0.3, 0.4) is 0 Å². The van der Waals surface area contributed by atoms with Gasteiger partial charge >= 0.3 is 5.97 Å². The van der Waals surface area contributed by atoms with Crippen LogP contribution in [-0.4, -0.2) is 15.6 Å². The predicted molar refractivity (Wildman–Crippen MR) is 74.4 cm³/mol. The minimum absolute atomic E-state index is 0.0962. The third-order valence-corrected chi connectivity index (χ3v) is 3.48. The Morgan fingerprint density at radius 1 is 1.44 bits per heavy atom. The summed E-state index contributed by atoms with van der Waals surface area (Å²) < 4.78 is 2.62. The van der Waals surface area contributed by atoms with Crippen molar-refractivity contribution in [2.75, 3.05) is 0 Å². The van der Waals surface area contributed by atoms with Gasteiger partial charge in [-0.25, -0.2) is 4.79 Å². The molecule has 0 aliphatic carbocycles. The Bertz CT molecular complexity index is 594. The van der Waals surface area contributed by atoms with Gasteiger partial charge in [-0.05, 0) is 30.7 Å². The van der Waals surface area contributed by atoms with Crippen LogP contribution in [0.15, 0.2) is 41.0 Å². The highest BCUT2D eigenvalue weighted by molar-refractivity contribution is 9.10. The number of rotatable bonds is 3. The molecule has 3 nitrogen and oxygen atoms in total. The van der Waals surface area contributed by atoms with Crippen LogP contribution in [-0.2, 0) is 0 Å². The van der Waals surface area contributed by atoms with Crippen LogP contribution >= 0.6 is 27.5 Å². The number of aromatic nitrogens is 1. The number of aromatic carboxylic acids is 1. The van der Waals surface area contributed by atoms with Gasteiger partial charge in [0.05, 0.1) is 11.1 Å². The molecule has 1 aromatic heterocycles. The Kier molecular flexibility index (Phi) is 3.78. The third-order valence-electron chi connectivity index (χ3n) is 2.78. The molecule has 1 N–H and O–H groups in total. The molecule has 2 rings (SSSR count). The number of benzene rings is 1. The average Bonchev–Trinajstić information content (AvgIpc) is 2.70. The third kappa shape index (κ3) is 2.60. The highest BCUT2D eigenvalue weighted by atomic mass is 79.9. The van der Waals surface area contributed by atoms with Crippen LogP contribution in [0.4, 0.5) is 0 Å². The van der Waals surface area contributed by atoms with Gasteiger partial charge in [-0.2, -0.15) is 0 Å². The number of carboxylic acids is 1. The van der Waals surface area contributed by atoms with Crippen LogP contribution in [0.5, 0.6) is 0 Å². The lowest BCUT2D eigenvalue weighted by Gasteiger charge is -2.16. The summed E-state index contributed by atoms with van der Waals surface area (Å²) in [5, 5.41) is 9.57. The largest absolute Gasteiger partial charge is 0.477 e. The molecule has 2 aromatic rings. The molecule has 0 saturated heterocycles. The van der Waals surface area contributed by atoms with E-state index >= 15 is 0 Å². The number of hydrogen-bond donors (Lipinski definition) is 1. The van der Waals surface area contributed by atoms with Crippen molar-refractivity contribution < 1.29 is 9.90 Å². The van der Waals surface area contributed by atoms with Gasteiger partial charge in [0.2, 0.25) is 0 Å². The van der Waals surface area contributed by atoms with Crippen molar-refractivity contribution in [1.82, 2.24) is 4.57 Å². The maximum absolute atomic E-state index is 11.1. The smallest absolute Gasteiger partial charge is 0.352 e. The van der Waals surface area contributed by atoms with Gasteiger partial charge in [0.1, 0.15) is 5.69 Å². The Morgan fingerprint density at radius 2 is 2.17 bits per heavy atom. The van der Waals surface area contributed by atoms with Gasteiger partial charge in [-0.3, -0.25) is 0 Å². The summed E-state index contributed by atoms with van der Waals surface area (Å²) in [6.45, 7) is 1.94. The zero-order valence-electron chi connectivity index (χ0n) is 9.60. The Labute approximate surface area is 118 Å². The summed E-state index contributed by atoms with van der Waals surface area (Å²) in [6, 6.07) is 9.12. The first-order valence-electron chi connectivity index (χ1n) is 5.35. The fraction of sp³-hybridized carbons (Fsp3) is 0.154. The van der Waals surface area contributed by atoms with E-state index in [0.717, 1.165) is 10.0 Å². The van der Waals surface area contributed by atoms with Gasteiger partial charge < -0.3 is 9.67 Å². The molecular weight excluding hydrogens is 318 g/mol. The van der Waals surface area contributed by atoms with Crippen LogP contribution in [0.2, 0.25) is 5.02 Å². The second-order valence-corrected chi connectivity index (χ2v) is 5.34. The molecule has 0 saturated carbocycles. The van der Waals surface area contributed by atoms with Gasteiger partial charge in [-0.1, -0.05) is 39.7 Å². The molecule has 0 amide bonds. The SMILES string of the molecule is CC(c1cccc(Br)c1)n1cc(Cl)cc1C(=O)O. The molecule has 0 aliphatic heterocycles. The summed E-state index contributed by atoms with van der Waals surface area (Å²) in [4.78, 5) is 11.1. The van der Waals surface area contributed by atoms with E-state index < -0.39 is 5.97 Å². The molecule has 0 radical (unpaired) electrons. The molecule has 94 valence electrons. The minimum Gasteiger partial charge on any atom is -0.477 e. The first-order chi connectivity index (χ1) is 8.49. The first kappa shape index (κ1) is 13.2. The number of hydrogen-bond acceptors (Lipinski definition) is 1. The van der Waals surface area contributed by atoms with Crippen LogP contribution < -0.4 is 0 Å². The molecular formula is C13H11BrClNO2. The lowest BCUT2D eigenvalue weighted by atomic mass is 10.1. The maximum atomic E-state index is 11.1. The van der Waals surface area contributed by atoms with Crippen molar-refractivity contribution in [2.24, 2.45) is 0 Å². The van der Waals surface area contributed by atoms with Crippen LogP contribution in [0, 0.1) is 0 Å². The molecule has 1 heterocycles. The van der Waals surface area contributed by atoms with E-state index in [1.165, 1.54) is 6.07 Å². The van der Waals surface area contributed by atoms with Crippen molar-refractivity contribution >= 4 is 33.5 Å². The van der Waals surface area contributed by atoms with Crippen molar-refractivity contribution in [3.63, 3.8) is 0 Å². The maximum Gasteiger partial charge on any atom is 0.352 e. The van der Waals surface area contributed by atoms with Gasteiger partial charge in [-0.15, -0.1) is 0 Å². The van der Waals surface area contributed by atoms with Gasteiger partial charge in [0.25, 0.3) is 0 Å². The van der Waals surface area contributed by atoms with Crippen LogP contribution in [0.25, 0.3) is 0 Å². The van der Waals surface area contributed by atoms with E-state index in [-0.39, 0.29) is 11.7 Å². The van der Waals surface area contributed by atoms with E-state index in [1.54, 1.807) is 10.8 Å². The lowest BCUT2D eigenvalue weighted by molar-refractivity contribution is 0.0684. The van der Waals surface area contributed by atoms with Gasteiger partial charge in [0, 0.05) is 10.7 Å². The summed E-state index contributed by atoms with van der Waals surface area (Å²) in [5.74, 6) is -0.983. The molecule has 5 heteroatoms. The number of carboxylic acid groups (broad SMARTS) is 1. The van der Waals surface area contributed by atoms with Gasteiger partial charge in [0.15, 0.2) is 0 Å². The Morgan fingerprint density at radius 3 is 2.78 bits per heavy atom. The van der Waals surface area contributed by atoms with E-state index in [2.05, 4.69) is 15.9 Å². The van der Waals surface area contributed by atoms with E-state index in [4.69, 9.17) is 16.7 Å². The highest BCUT2D eigenvalue weighted by Gasteiger charge is 2.17. The molecule has 18 heavy (non-hydrogen) atoms. The standard InChI is InChI=1S/C13H11BrClNO2/c1-8(9-3-2-4-10(14)5-9)16-7-11(15)6-12(16)13(17)18/h2-8H,1H3,(H,17,18). The Balaban J connectivity index is 2.45. The number of halogens is 2. The van der Waals surface area contributed by atoms with Crippen molar-refractivity contribution in [2.45, 2.75) is 13.0 Å². The highest BCUT2D eigenvalue weighted by Crippen LogP contribution is 2.26. The second kappa shape index (κ2) is 5.16. The monoisotopic (exact) mass is 327 g/mol. The minimum atomic E-state index is -0.983. The summed E-state index contributed by atoms with van der Waals surface area (Å²) in [5.41, 5.74) is 1.20. The molecule has 0 spiro atoms. The van der Waals surface area contributed by atoms with Crippen LogP contribution in [0.1, 0.15) is 29.0 Å². The topological polar surface area (TPSA) is 42.2 Å². The molecule has 0 fully saturated rings. The summed E-state index contributed by atoms with van der Waals surface area (Å²) >= 11 is 9.28. The fourth-order valence-corrected chi connectivity index (χ4v) is 2.49. The molecule has 1 atom stereocenters. The number of nitrogens with zero attached hydrogens (tertiary/aromatic N) is 1. The van der Waals surface area contributed by atoms with E-state index in [1.807, 2.05) is 31.2 Å². The van der Waals surface area contributed by atoms with E-state index in [9.17, 15) is 4.79 Å². The molecule has 1 unspecified atom stereocenters. The molecule has 0 aliphatic rings. The van der Waals surface area contributed by atoms with E-state index in [0.29, 0.717) is 5.02 Å². The zero-order chi connectivity index (χ0) is 13.3. The quantitative estimate of drug-likeness (QED) is 0.917. The molecule has 0 bridgehead atoms. The fourth-order valence-electron chi connectivity index (χ4n) is 1.86. The predicted octanol–water partition coefficient (Wildman–Crippen LogP) is 4.21. The lowest BCUT2D eigenvalue weighted by Crippen LogP contribution is -2.12. The summed E-state index contributed by atoms with van der Waals surface area (Å²) in [7, 11) is 0. The normalized spacial score (nSPS) is 12.4. The first-order valence-corrected chi connectivity index (χ1v) is 6.52. The Hall–Kier alpha value is -1.26. The second-order valence-electron chi connectivity index (χ2n) is 3.99. The van der Waals surface area contributed by atoms with Crippen molar-refractivity contribution in [3.8, 4) is 0 Å². The van der Waals surface area contributed by atoms with Crippen molar-refractivity contribution in [1.29, 1.82) is 0 Å². The summed E-state index contributed by atoms with van der Waals surface area (Å²) in [6.07, 6.45) is 1.64. The zero-order valence-corrected chi connectivity index (χ0v) is 11.9. The number of carbonyl (C=O) groups is 1. The molecule has 1 aromatic carbocycles. The average molecular weight is 329 g/mol. The van der Waals surface area contributed by atoms with Crippen molar-refractivity contribution in [3.05, 3.63) is 57.3 Å².